The molecule has 3 aromatic rings. The first-order valence-electron chi connectivity index (χ1n) is 8.52. The van der Waals surface area contributed by atoms with Crippen LogP contribution in [0.15, 0.2) is 45.3 Å². The number of hydrogen-bond acceptors (Lipinski definition) is 5. The lowest BCUT2D eigenvalue weighted by atomic mass is 9.91. The van der Waals surface area contributed by atoms with Crippen molar-refractivity contribution in [2.24, 2.45) is 4.99 Å². The molecule has 3 heterocycles. The Labute approximate surface area is 157 Å². The molecule has 8 heteroatoms. The van der Waals surface area contributed by atoms with Gasteiger partial charge in [-0.15, -0.1) is 11.3 Å². The number of furan rings is 1. The van der Waals surface area contributed by atoms with Gasteiger partial charge in [-0.3, -0.25) is 10.1 Å². The van der Waals surface area contributed by atoms with E-state index in [4.69, 9.17) is 4.42 Å². The highest BCUT2D eigenvalue weighted by Crippen LogP contribution is 2.26. The number of aromatic amines is 1. The number of rotatable bonds is 7. The van der Waals surface area contributed by atoms with Crippen LogP contribution in [0.3, 0.4) is 0 Å². The molecule has 0 bridgehead atoms. The third-order valence-corrected chi connectivity index (χ3v) is 5.27. The summed E-state index contributed by atoms with van der Waals surface area (Å²) in [7, 11) is 1.77. The molecule has 0 fully saturated rings. The third-order valence-electron chi connectivity index (χ3n) is 4.04. The van der Waals surface area contributed by atoms with Crippen LogP contribution in [0, 0.1) is 0 Å². The SMILES string of the molecule is CN=C(NCCc1nc(-c2ccco2)n[nH]1)NCC(C)(C)c1cccs1. The van der Waals surface area contributed by atoms with Crippen LogP contribution in [-0.2, 0) is 11.8 Å². The topological polar surface area (TPSA) is 91.1 Å². The summed E-state index contributed by atoms with van der Waals surface area (Å²) in [5.74, 6) is 2.82. The zero-order valence-corrected chi connectivity index (χ0v) is 16.1. The highest BCUT2D eigenvalue weighted by atomic mass is 32.1. The zero-order valence-electron chi connectivity index (χ0n) is 15.2. The molecule has 7 nitrogen and oxygen atoms in total. The summed E-state index contributed by atoms with van der Waals surface area (Å²) >= 11 is 1.78. The molecule has 0 unspecified atom stereocenters. The summed E-state index contributed by atoms with van der Waals surface area (Å²) in [6.07, 6.45) is 2.32. The van der Waals surface area contributed by atoms with Crippen LogP contribution in [0.2, 0.25) is 0 Å². The average molecular weight is 372 g/mol. The van der Waals surface area contributed by atoms with Gasteiger partial charge in [-0.1, -0.05) is 19.9 Å². The maximum absolute atomic E-state index is 5.30. The molecule has 0 spiro atoms. The van der Waals surface area contributed by atoms with Gasteiger partial charge in [0.2, 0.25) is 5.82 Å². The molecule has 0 aliphatic carbocycles. The first-order chi connectivity index (χ1) is 12.6. The molecule has 0 radical (unpaired) electrons. The van der Waals surface area contributed by atoms with Gasteiger partial charge in [0.25, 0.3) is 0 Å². The van der Waals surface area contributed by atoms with Crippen molar-refractivity contribution in [3.05, 3.63) is 46.6 Å². The van der Waals surface area contributed by atoms with Crippen molar-refractivity contribution in [1.29, 1.82) is 0 Å². The third kappa shape index (κ3) is 4.51. The monoisotopic (exact) mass is 372 g/mol. The van der Waals surface area contributed by atoms with Crippen molar-refractivity contribution in [2.45, 2.75) is 25.7 Å². The Hall–Kier alpha value is -2.61. The van der Waals surface area contributed by atoms with Crippen LogP contribution >= 0.6 is 11.3 Å². The fourth-order valence-electron chi connectivity index (χ4n) is 2.50. The molecule has 3 rings (SSSR count). The van der Waals surface area contributed by atoms with Crippen LogP contribution < -0.4 is 10.6 Å². The fourth-order valence-corrected chi connectivity index (χ4v) is 3.35. The van der Waals surface area contributed by atoms with Gasteiger partial charge in [0.05, 0.1) is 6.26 Å². The van der Waals surface area contributed by atoms with Crippen molar-refractivity contribution >= 4 is 17.3 Å². The van der Waals surface area contributed by atoms with Crippen LogP contribution in [-0.4, -0.2) is 41.3 Å². The molecule has 0 aliphatic rings. The minimum absolute atomic E-state index is 0.0503. The summed E-state index contributed by atoms with van der Waals surface area (Å²) < 4.78 is 5.30. The largest absolute Gasteiger partial charge is 0.461 e. The van der Waals surface area contributed by atoms with E-state index in [1.54, 1.807) is 24.6 Å². The Morgan fingerprint density at radius 1 is 1.31 bits per heavy atom. The average Bonchev–Trinajstić information content (AvgIpc) is 3.39. The number of hydrogen-bond donors (Lipinski definition) is 3. The van der Waals surface area contributed by atoms with E-state index in [0.29, 0.717) is 24.6 Å². The van der Waals surface area contributed by atoms with Crippen molar-refractivity contribution in [2.75, 3.05) is 20.1 Å². The Bertz CT molecular complexity index is 820. The van der Waals surface area contributed by atoms with Crippen LogP contribution in [0.5, 0.6) is 0 Å². The molecular formula is C18H24N6OS. The smallest absolute Gasteiger partial charge is 0.216 e. The highest BCUT2D eigenvalue weighted by Gasteiger charge is 2.21. The van der Waals surface area contributed by atoms with Gasteiger partial charge < -0.3 is 15.1 Å². The Balaban J connectivity index is 1.46. The molecule has 0 saturated heterocycles. The van der Waals surface area contributed by atoms with Crippen LogP contribution in [0.25, 0.3) is 11.6 Å². The van der Waals surface area contributed by atoms with Gasteiger partial charge >= 0.3 is 0 Å². The van der Waals surface area contributed by atoms with Crippen molar-refractivity contribution < 1.29 is 4.42 Å². The van der Waals surface area contributed by atoms with E-state index in [-0.39, 0.29) is 5.41 Å². The lowest BCUT2D eigenvalue weighted by molar-refractivity contribution is 0.518. The van der Waals surface area contributed by atoms with E-state index in [1.807, 2.05) is 12.1 Å². The quantitative estimate of drug-likeness (QED) is 0.438. The number of aromatic nitrogens is 3. The minimum atomic E-state index is 0.0503. The molecular weight excluding hydrogens is 348 g/mol. The minimum Gasteiger partial charge on any atom is -0.461 e. The fraction of sp³-hybridized carbons (Fsp3) is 0.389. The lowest BCUT2D eigenvalue weighted by Crippen LogP contribution is -2.43. The number of guanidine groups is 1. The summed E-state index contributed by atoms with van der Waals surface area (Å²) in [5, 5.41) is 15.9. The van der Waals surface area contributed by atoms with Gasteiger partial charge in [0, 0.05) is 36.9 Å². The normalized spacial score (nSPS) is 12.3. The van der Waals surface area contributed by atoms with Crippen LogP contribution in [0.4, 0.5) is 0 Å². The van der Waals surface area contributed by atoms with E-state index < -0.39 is 0 Å². The molecule has 0 amide bonds. The molecule has 138 valence electrons. The lowest BCUT2D eigenvalue weighted by Gasteiger charge is -2.25. The van der Waals surface area contributed by atoms with Gasteiger partial charge in [-0.05, 0) is 23.6 Å². The Kier molecular flexibility index (Phi) is 5.72. The predicted molar refractivity (Wildman–Crippen MR) is 104 cm³/mol. The number of H-pyrrole nitrogens is 1. The van der Waals surface area contributed by atoms with E-state index in [9.17, 15) is 0 Å². The predicted octanol–water partition coefficient (Wildman–Crippen LogP) is 2.81. The van der Waals surface area contributed by atoms with E-state index in [2.05, 4.69) is 62.2 Å². The number of thiophene rings is 1. The second-order valence-electron chi connectivity index (χ2n) is 6.55. The zero-order chi connectivity index (χ0) is 18.4. The molecule has 3 aromatic heterocycles. The maximum atomic E-state index is 5.30. The van der Waals surface area contributed by atoms with Gasteiger partial charge in [0.15, 0.2) is 11.7 Å². The second-order valence-corrected chi connectivity index (χ2v) is 7.49. The Morgan fingerprint density at radius 2 is 2.19 bits per heavy atom. The highest BCUT2D eigenvalue weighted by molar-refractivity contribution is 7.10. The summed E-state index contributed by atoms with van der Waals surface area (Å²) in [6, 6.07) is 7.92. The molecule has 26 heavy (non-hydrogen) atoms. The van der Waals surface area contributed by atoms with Crippen molar-refractivity contribution in [3.63, 3.8) is 0 Å². The van der Waals surface area contributed by atoms with Gasteiger partial charge in [-0.2, -0.15) is 5.10 Å². The van der Waals surface area contributed by atoms with Gasteiger partial charge in [0.1, 0.15) is 5.82 Å². The van der Waals surface area contributed by atoms with Crippen LogP contribution in [0.1, 0.15) is 24.5 Å². The molecule has 0 saturated carbocycles. The molecule has 3 N–H and O–H groups in total. The summed E-state index contributed by atoms with van der Waals surface area (Å²) in [6.45, 7) is 5.96. The standard InChI is InChI=1S/C18H24N6OS/c1-18(2,14-7-5-11-26-14)12-21-17(19-3)20-9-8-15-22-16(24-23-15)13-6-4-10-25-13/h4-7,10-11H,8-9,12H2,1-3H3,(H2,19,20,21)(H,22,23,24). The van der Waals surface area contributed by atoms with E-state index in [1.165, 1.54) is 4.88 Å². The van der Waals surface area contributed by atoms with Crippen molar-refractivity contribution in [1.82, 2.24) is 25.8 Å². The molecule has 0 atom stereocenters. The maximum Gasteiger partial charge on any atom is 0.216 e. The second kappa shape index (κ2) is 8.18. The van der Waals surface area contributed by atoms with E-state index >= 15 is 0 Å². The van der Waals surface area contributed by atoms with Gasteiger partial charge in [-0.25, -0.2) is 4.98 Å². The first-order valence-corrected chi connectivity index (χ1v) is 9.40. The first kappa shape index (κ1) is 18.2. The Morgan fingerprint density at radius 3 is 2.88 bits per heavy atom. The van der Waals surface area contributed by atoms with E-state index in [0.717, 1.165) is 18.3 Å². The summed E-state index contributed by atoms with van der Waals surface area (Å²) in [4.78, 5) is 10.1. The number of nitrogens with one attached hydrogen (secondary N) is 3. The summed E-state index contributed by atoms with van der Waals surface area (Å²) in [5.41, 5.74) is 0.0503. The molecule has 0 aromatic carbocycles. The van der Waals surface area contributed by atoms with Crippen molar-refractivity contribution in [3.8, 4) is 11.6 Å². The number of aliphatic imine (C=N–C) groups is 1. The number of nitrogens with zero attached hydrogens (tertiary/aromatic N) is 3. The molecule has 0 aliphatic heterocycles.